The molecule has 16 heavy (non-hydrogen) atoms. The Morgan fingerprint density at radius 1 is 1.25 bits per heavy atom. The molecule has 0 amide bonds. The van der Waals surface area contributed by atoms with Gasteiger partial charge in [-0.2, -0.15) is 0 Å². The van der Waals surface area contributed by atoms with Gasteiger partial charge in [-0.25, -0.2) is 0 Å². The summed E-state index contributed by atoms with van der Waals surface area (Å²) in [6.07, 6.45) is 2.79. The summed E-state index contributed by atoms with van der Waals surface area (Å²) in [5.41, 5.74) is 4.56. The molecule has 0 saturated heterocycles. The second kappa shape index (κ2) is 4.21. The van der Waals surface area contributed by atoms with Crippen molar-refractivity contribution in [3.63, 3.8) is 0 Å². The fourth-order valence-corrected chi connectivity index (χ4v) is 2.28. The molecular formula is C15H23N. The van der Waals surface area contributed by atoms with E-state index < -0.39 is 0 Å². The molecular weight excluding hydrogens is 194 g/mol. The molecule has 1 N–H and O–H groups in total. The zero-order valence-corrected chi connectivity index (χ0v) is 10.9. The Morgan fingerprint density at radius 3 is 2.56 bits per heavy atom. The summed E-state index contributed by atoms with van der Waals surface area (Å²) in [5.74, 6) is 0.887. The third kappa shape index (κ3) is 2.46. The van der Waals surface area contributed by atoms with E-state index in [0.717, 1.165) is 12.5 Å². The van der Waals surface area contributed by atoms with E-state index in [0.29, 0.717) is 5.54 Å². The van der Waals surface area contributed by atoms with Gasteiger partial charge in [0.1, 0.15) is 0 Å². The quantitative estimate of drug-likeness (QED) is 0.813. The summed E-state index contributed by atoms with van der Waals surface area (Å²) in [6.45, 7) is 10.1. The van der Waals surface area contributed by atoms with Crippen molar-refractivity contribution in [1.82, 2.24) is 5.32 Å². The van der Waals surface area contributed by atoms with Gasteiger partial charge in [0.15, 0.2) is 0 Å². The molecule has 88 valence electrons. The minimum atomic E-state index is 0.302. The van der Waals surface area contributed by atoms with Crippen LogP contribution in [0.2, 0.25) is 0 Å². The lowest BCUT2D eigenvalue weighted by Crippen LogP contribution is -2.40. The second-order valence-electron chi connectivity index (χ2n) is 5.71. The molecule has 0 spiro atoms. The van der Waals surface area contributed by atoms with Crippen LogP contribution in [0.1, 0.15) is 43.4 Å². The van der Waals surface area contributed by atoms with Gasteiger partial charge in [-0.1, -0.05) is 18.2 Å². The molecule has 1 nitrogen and oxygen atoms in total. The van der Waals surface area contributed by atoms with Gasteiger partial charge < -0.3 is 5.32 Å². The summed E-state index contributed by atoms with van der Waals surface area (Å²) < 4.78 is 0. The first-order valence-corrected chi connectivity index (χ1v) is 6.31. The Hall–Kier alpha value is -0.820. The SMILES string of the molecule is Cc1cccc(CNC(C)(C)C2CC2)c1C. The smallest absolute Gasteiger partial charge is 0.0213 e. The summed E-state index contributed by atoms with van der Waals surface area (Å²) >= 11 is 0. The fraction of sp³-hybridized carbons (Fsp3) is 0.600. The Balaban J connectivity index is 2.01. The molecule has 0 atom stereocenters. The van der Waals surface area contributed by atoms with E-state index in [9.17, 15) is 0 Å². The molecule has 0 aliphatic heterocycles. The molecule has 0 unspecified atom stereocenters. The molecule has 1 aliphatic rings. The highest BCUT2D eigenvalue weighted by Crippen LogP contribution is 2.39. The van der Waals surface area contributed by atoms with Crippen LogP contribution in [-0.4, -0.2) is 5.54 Å². The lowest BCUT2D eigenvalue weighted by atomic mass is 9.97. The van der Waals surface area contributed by atoms with E-state index in [1.807, 2.05) is 0 Å². The van der Waals surface area contributed by atoms with E-state index in [1.54, 1.807) is 0 Å². The fourth-order valence-electron chi connectivity index (χ4n) is 2.28. The third-order valence-electron chi connectivity index (χ3n) is 4.05. The second-order valence-corrected chi connectivity index (χ2v) is 5.71. The van der Waals surface area contributed by atoms with Gasteiger partial charge >= 0.3 is 0 Å². The van der Waals surface area contributed by atoms with Crippen molar-refractivity contribution in [3.05, 3.63) is 34.9 Å². The summed E-state index contributed by atoms with van der Waals surface area (Å²) in [4.78, 5) is 0. The number of nitrogens with one attached hydrogen (secondary N) is 1. The lowest BCUT2D eigenvalue weighted by Gasteiger charge is -2.27. The first-order valence-electron chi connectivity index (χ1n) is 6.31. The Kier molecular flexibility index (Phi) is 3.07. The van der Waals surface area contributed by atoms with Crippen molar-refractivity contribution in [2.24, 2.45) is 5.92 Å². The maximum atomic E-state index is 3.71. The van der Waals surface area contributed by atoms with Crippen molar-refractivity contribution >= 4 is 0 Å². The van der Waals surface area contributed by atoms with Gasteiger partial charge in [0, 0.05) is 12.1 Å². The summed E-state index contributed by atoms with van der Waals surface area (Å²) in [5, 5.41) is 3.71. The van der Waals surface area contributed by atoms with E-state index in [4.69, 9.17) is 0 Å². The Morgan fingerprint density at radius 2 is 1.94 bits per heavy atom. The molecule has 1 heteroatoms. The number of rotatable bonds is 4. The largest absolute Gasteiger partial charge is 0.307 e. The van der Waals surface area contributed by atoms with Crippen molar-refractivity contribution in [1.29, 1.82) is 0 Å². The van der Waals surface area contributed by atoms with Gasteiger partial charge in [0.05, 0.1) is 0 Å². The standard InChI is InChI=1S/C15H23N/c1-11-6-5-7-13(12(11)2)10-16-15(3,4)14-8-9-14/h5-7,14,16H,8-10H2,1-4H3. The van der Waals surface area contributed by atoms with Gasteiger partial charge in [0.25, 0.3) is 0 Å². The van der Waals surface area contributed by atoms with Crippen LogP contribution in [0.4, 0.5) is 0 Å². The summed E-state index contributed by atoms with van der Waals surface area (Å²) in [6, 6.07) is 6.58. The maximum Gasteiger partial charge on any atom is 0.0213 e. The predicted octanol–water partition coefficient (Wildman–Crippen LogP) is 3.58. The van der Waals surface area contributed by atoms with Crippen molar-refractivity contribution in [3.8, 4) is 0 Å². The zero-order valence-electron chi connectivity index (χ0n) is 10.9. The Labute approximate surface area is 99.3 Å². The van der Waals surface area contributed by atoms with Crippen LogP contribution in [0.5, 0.6) is 0 Å². The third-order valence-corrected chi connectivity index (χ3v) is 4.05. The minimum Gasteiger partial charge on any atom is -0.307 e. The molecule has 2 rings (SSSR count). The van der Waals surface area contributed by atoms with Crippen LogP contribution in [0, 0.1) is 19.8 Å². The van der Waals surface area contributed by atoms with Crippen LogP contribution in [0.3, 0.4) is 0 Å². The molecule has 0 heterocycles. The van der Waals surface area contributed by atoms with Crippen LogP contribution >= 0.6 is 0 Å². The highest BCUT2D eigenvalue weighted by Gasteiger charge is 2.37. The molecule has 1 aromatic carbocycles. The number of benzene rings is 1. The highest BCUT2D eigenvalue weighted by atomic mass is 15.0. The molecule has 1 saturated carbocycles. The Bertz CT molecular complexity index is 375. The lowest BCUT2D eigenvalue weighted by molar-refractivity contribution is 0.339. The van der Waals surface area contributed by atoms with Crippen LogP contribution < -0.4 is 5.32 Å². The number of hydrogen-bond acceptors (Lipinski definition) is 1. The topological polar surface area (TPSA) is 12.0 Å². The van der Waals surface area contributed by atoms with Gasteiger partial charge in [0.2, 0.25) is 0 Å². The van der Waals surface area contributed by atoms with E-state index >= 15 is 0 Å². The average Bonchev–Trinajstić information content (AvgIpc) is 3.04. The van der Waals surface area contributed by atoms with E-state index in [1.165, 1.54) is 29.5 Å². The zero-order chi connectivity index (χ0) is 11.8. The normalized spacial score (nSPS) is 16.5. The molecule has 0 aromatic heterocycles. The van der Waals surface area contributed by atoms with Crippen LogP contribution in [-0.2, 0) is 6.54 Å². The molecule has 1 fully saturated rings. The van der Waals surface area contributed by atoms with Crippen molar-refractivity contribution in [2.45, 2.75) is 52.6 Å². The number of aryl methyl sites for hydroxylation is 1. The van der Waals surface area contributed by atoms with Gasteiger partial charge in [-0.15, -0.1) is 0 Å². The number of hydrogen-bond donors (Lipinski definition) is 1. The van der Waals surface area contributed by atoms with Crippen LogP contribution in [0.15, 0.2) is 18.2 Å². The van der Waals surface area contributed by atoms with E-state index in [2.05, 4.69) is 51.2 Å². The molecule has 1 aromatic rings. The average molecular weight is 217 g/mol. The van der Waals surface area contributed by atoms with Gasteiger partial charge in [-0.05, 0) is 63.1 Å². The first kappa shape index (κ1) is 11.7. The molecule has 1 aliphatic carbocycles. The molecule has 0 bridgehead atoms. The first-order chi connectivity index (χ1) is 7.50. The van der Waals surface area contributed by atoms with Gasteiger partial charge in [-0.3, -0.25) is 0 Å². The monoisotopic (exact) mass is 217 g/mol. The molecule has 0 radical (unpaired) electrons. The van der Waals surface area contributed by atoms with Crippen molar-refractivity contribution < 1.29 is 0 Å². The predicted molar refractivity (Wildman–Crippen MR) is 69.6 cm³/mol. The van der Waals surface area contributed by atoms with E-state index in [-0.39, 0.29) is 0 Å². The maximum absolute atomic E-state index is 3.71. The minimum absolute atomic E-state index is 0.302. The highest BCUT2D eigenvalue weighted by molar-refractivity contribution is 5.33. The summed E-state index contributed by atoms with van der Waals surface area (Å²) in [7, 11) is 0. The van der Waals surface area contributed by atoms with Crippen molar-refractivity contribution in [2.75, 3.05) is 0 Å². The van der Waals surface area contributed by atoms with Crippen LogP contribution in [0.25, 0.3) is 0 Å².